The summed E-state index contributed by atoms with van der Waals surface area (Å²) < 4.78 is 5.38. The predicted molar refractivity (Wildman–Crippen MR) is 142 cm³/mol. The maximum Gasteiger partial charge on any atom is 0.408 e. The van der Waals surface area contributed by atoms with Crippen LogP contribution in [0, 0.1) is 13.8 Å². The molecule has 0 aliphatic carbocycles. The first-order valence-electron chi connectivity index (χ1n) is 11.9. The second kappa shape index (κ2) is 13.2. The van der Waals surface area contributed by atoms with Crippen LogP contribution in [0.4, 0.5) is 4.79 Å². The number of hydrogen-bond acceptors (Lipinski definition) is 6. The SMILES string of the molecule is CSCCC(NC(=O)OC(C)(C)C)C(=O)N(CCO)C(C(=O)NC(C)(C)C)c1c(C)cccc1C. The van der Waals surface area contributed by atoms with Crippen LogP contribution in [0.1, 0.15) is 70.7 Å². The Bertz CT molecular complexity index is 856. The zero-order chi connectivity index (χ0) is 27.0. The van der Waals surface area contributed by atoms with Gasteiger partial charge in [0.15, 0.2) is 0 Å². The van der Waals surface area contributed by atoms with E-state index in [1.54, 1.807) is 32.5 Å². The lowest BCUT2D eigenvalue weighted by atomic mass is 9.92. The van der Waals surface area contributed by atoms with E-state index in [4.69, 9.17) is 4.74 Å². The van der Waals surface area contributed by atoms with E-state index in [1.165, 1.54) is 4.90 Å². The van der Waals surface area contributed by atoms with Crippen LogP contribution in [-0.4, -0.2) is 70.3 Å². The largest absolute Gasteiger partial charge is 0.444 e. The first-order chi connectivity index (χ1) is 16.1. The lowest BCUT2D eigenvalue weighted by Crippen LogP contribution is -2.55. The summed E-state index contributed by atoms with van der Waals surface area (Å²) in [5.74, 6) is -0.185. The minimum Gasteiger partial charge on any atom is -0.444 e. The van der Waals surface area contributed by atoms with Crippen molar-refractivity contribution in [3.8, 4) is 0 Å². The van der Waals surface area contributed by atoms with E-state index < -0.39 is 35.2 Å². The number of aliphatic hydroxyl groups is 1. The van der Waals surface area contributed by atoms with Crippen LogP contribution in [0.25, 0.3) is 0 Å². The first-order valence-corrected chi connectivity index (χ1v) is 13.3. The normalized spacial score (nSPS) is 13.5. The number of nitrogens with zero attached hydrogens (tertiary/aromatic N) is 1. The number of thioether (sulfide) groups is 1. The molecule has 0 fully saturated rings. The molecule has 0 aromatic heterocycles. The molecule has 0 bridgehead atoms. The molecule has 1 rings (SSSR count). The molecule has 2 unspecified atom stereocenters. The molecule has 0 saturated heterocycles. The molecule has 3 N–H and O–H groups in total. The van der Waals surface area contributed by atoms with Crippen LogP contribution in [0.15, 0.2) is 18.2 Å². The fourth-order valence-corrected chi connectivity index (χ4v) is 4.21. The molecule has 0 aliphatic heterocycles. The molecule has 0 spiro atoms. The number of aryl methyl sites for hydroxylation is 2. The Hall–Kier alpha value is -2.26. The Kier molecular flexibility index (Phi) is 11.6. The number of rotatable bonds is 10. The van der Waals surface area contributed by atoms with Gasteiger partial charge in [-0.3, -0.25) is 9.59 Å². The van der Waals surface area contributed by atoms with Gasteiger partial charge in [0.2, 0.25) is 11.8 Å². The Labute approximate surface area is 214 Å². The average Bonchev–Trinajstić information content (AvgIpc) is 2.69. The highest BCUT2D eigenvalue weighted by atomic mass is 32.2. The molecule has 198 valence electrons. The number of amides is 3. The molecule has 9 heteroatoms. The summed E-state index contributed by atoms with van der Waals surface area (Å²) in [6, 6.07) is 3.79. The van der Waals surface area contributed by atoms with Crippen LogP contribution < -0.4 is 10.6 Å². The molecule has 0 aliphatic rings. The van der Waals surface area contributed by atoms with E-state index in [-0.39, 0.29) is 19.1 Å². The van der Waals surface area contributed by atoms with Gasteiger partial charge in [-0.2, -0.15) is 11.8 Å². The van der Waals surface area contributed by atoms with E-state index in [0.29, 0.717) is 17.7 Å². The molecule has 1 aromatic carbocycles. The predicted octanol–water partition coefficient (Wildman–Crippen LogP) is 3.73. The smallest absolute Gasteiger partial charge is 0.408 e. The van der Waals surface area contributed by atoms with Gasteiger partial charge >= 0.3 is 6.09 Å². The number of carbonyl (C=O) groups excluding carboxylic acids is 3. The maximum atomic E-state index is 13.9. The minimum atomic E-state index is -0.979. The van der Waals surface area contributed by atoms with Crippen molar-refractivity contribution in [3.05, 3.63) is 34.9 Å². The number of alkyl carbamates (subject to hydrolysis) is 1. The van der Waals surface area contributed by atoms with Gasteiger partial charge in [-0.05, 0) is 90.5 Å². The summed E-state index contributed by atoms with van der Waals surface area (Å²) in [4.78, 5) is 41.5. The van der Waals surface area contributed by atoms with Crippen molar-refractivity contribution in [3.63, 3.8) is 0 Å². The van der Waals surface area contributed by atoms with E-state index in [0.717, 1.165) is 11.1 Å². The topological polar surface area (TPSA) is 108 Å². The molecule has 3 amide bonds. The van der Waals surface area contributed by atoms with Crippen LogP contribution >= 0.6 is 11.8 Å². The highest BCUT2D eigenvalue weighted by Gasteiger charge is 2.38. The number of benzene rings is 1. The number of carbonyl (C=O) groups is 3. The summed E-state index contributed by atoms with van der Waals surface area (Å²) in [5.41, 5.74) is 1.16. The number of nitrogens with one attached hydrogen (secondary N) is 2. The Morgan fingerprint density at radius 2 is 1.66 bits per heavy atom. The van der Waals surface area contributed by atoms with Gasteiger partial charge in [-0.15, -0.1) is 0 Å². The monoisotopic (exact) mass is 509 g/mol. The maximum absolute atomic E-state index is 13.9. The van der Waals surface area contributed by atoms with Crippen molar-refractivity contribution < 1.29 is 24.2 Å². The minimum absolute atomic E-state index is 0.0688. The van der Waals surface area contributed by atoms with E-state index >= 15 is 0 Å². The molecular formula is C26H43N3O5S. The molecule has 8 nitrogen and oxygen atoms in total. The second-order valence-corrected chi connectivity index (χ2v) is 11.7. The molecule has 0 radical (unpaired) electrons. The lowest BCUT2D eigenvalue weighted by molar-refractivity contribution is -0.143. The van der Waals surface area contributed by atoms with Gasteiger partial charge < -0.3 is 25.4 Å². The van der Waals surface area contributed by atoms with E-state index in [9.17, 15) is 19.5 Å². The summed E-state index contributed by atoms with van der Waals surface area (Å²) in [7, 11) is 0. The molecular weight excluding hydrogens is 466 g/mol. The van der Waals surface area contributed by atoms with Crippen LogP contribution in [0.3, 0.4) is 0 Å². The van der Waals surface area contributed by atoms with Gasteiger partial charge in [-0.25, -0.2) is 4.79 Å². The highest BCUT2D eigenvalue weighted by molar-refractivity contribution is 7.98. The van der Waals surface area contributed by atoms with Crippen LogP contribution in [-0.2, 0) is 14.3 Å². The van der Waals surface area contributed by atoms with Crippen molar-refractivity contribution in [2.75, 3.05) is 25.2 Å². The standard InChI is InChI=1S/C26H43N3O5S/c1-17-11-10-12-18(2)20(17)21(22(31)28-25(3,4)5)29(14-15-30)23(32)19(13-16-35-9)27-24(33)34-26(6,7)8/h10-12,19,21,30H,13-16H2,1-9H3,(H,27,33)(H,28,31). The van der Waals surface area contributed by atoms with Gasteiger partial charge in [0.1, 0.15) is 17.7 Å². The van der Waals surface area contributed by atoms with Gasteiger partial charge in [0, 0.05) is 12.1 Å². The molecule has 0 saturated carbocycles. The third kappa shape index (κ3) is 10.1. The zero-order valence-corrected chi connectivity index (χ0v) is 23.5. The second-order valence-electron chi connectivity index (χ2n) is 10.7. The van der Waals surface area contributed by atoms with Gasteiger partial charge in [-0.1, -0.05) is 18.2 Å². The summed E-state index contributed by atoms with van der Waals surface area (Å²) in [6.07, 6.45) is 1.56. The number of aliphatic hydroxyl groups excluding tert-OH is 1. The summed E-state index contributed by atoms with van der Waals surface area (Å²) in [5, 5.41) is 15.6. The third-order valence-electron chi connectivity index (χ3n) is 5.10. The number of ether oxygens (including phenoxy) is 1. The Morgan fingerprint density at radius 1 is 1.09 bits per heavy atom. The van der Waals surface area contributed by atoms with Gasteiger partial charge in [0.05, 0.1) is 6.61 Å². The fraction of sp³-hybridized carbons (Fsp3) is 0.654. The molecule has 2 atom stereocenters. The van der Waals surface area contributed by atoms with Gasteiger partial charge in [0.25, 0.3) is 0 Å². The fourth-order valence-electron chi connectivity index (χ4n) is 3.74. The van der Waals surface area contributed by atoms with Crippen molar-refractivity contribution in [2.45, 2.75) is 85.0 Å². The van der Waals surface area contributed by atoms with Crippen molar-refractivity contribution in [1.82, 2.24) is 15.5 Å². The Morgan fingerprint density at radius 3 is 2.11 bits per heavy atom. The number of hydrogen-bond donors (Lipinski definition) is 3. The zero-order valence-electron chi connectivity index (χ0n) is 22.7. The highest BCUT2D eigenvalue weighted by Crippen LogP contribution is 2.29. The van der Waals surface area contributed by atoms with Crippen molar-refractivity contribution >= 4 is 29.7 Å². The molecule has 35 heavy (non-hydrogen) atoms. The van der Waals surface area contributed by atoms with Crippen LogP contribution in [0.5, 0.6) is 0 Å². The Balaban J connectivity index is 3.53. The summed E-state index contributed by atoms with van der Waals surface area (Å²) in [6.45, 7) is 14.2. The van der Waals surface area contributed by atoms with Crippen molar-refractivity contribution in [2.24, 2.45) is 0 Å². The van der Waals surface area contributed by atoms with Crippen LogP contribution in [0.2, 0.25) is 0 Å². The van der Waals surface area contributed by atoms with E-state index in [1.807, 2.05) is 59.1 Å². The summed E-state index contributed by atoms with van der Waals surface area (Å²) >= 11 is 1.54. The van der Waals surface area contributed by atoms with E-state index in [2.05, 4.69) is 10.6 Å². The molecule has 0 heterocycles. The third-order valence-corrected chi connectivity index (χ3v) is 5.74. The average molecular weight is 510 g/mol. The quantitative estimate of drug-likeness (QED) is 0.444. The van der Waals surface area contributed by atoms with Crippen molar-refractivity contribution in [1.29, 1.82) is 0 Å². The first kappa shape index (κ1) is 30.8. The molecule has 1 aromatic rings. The lowest BCUT2D eigenvalue weighted by Gasteiger charge is -2.36.